The van der Waals surface area contributed by atoms with E-state index < -0.39 is 9.84 Å². The van der Waals surface area contributed by atoms with Gasteiger partial charge in [-0.25, -0.2) is 8.42 Å². The normalized spacial score (nSPS) is 12.1. The van der Waals surface area contributed by atoms with Gasteiger partial charge in [-0.1, -0.05) is 0 Å². The molecule has 0 aliphatic carbocycles. The predicted molar refractivity (Wildman–Crippen MR) is 59.4 cm³/mol. The summed E-state index contributed by atoms with van der Waals surface area (Å²) >= 11 is 1.57. The molecule has 1 radical (unpaired) electrons. The fourth-order valence-electron chi connectivity index (χ4n) is 1.31. The Kier molecular flexibility index (Phi) is 2.12. The highest BCUT2D eigenvalue weighted by atomic mass is 32.2. The molecule has 0 atom stereocenters. The molecule has 4 heteroatoms. The first kappa shape index (κ1) is 9.68. The van der Waals surface area contributed by atoms with Gasteiger partial charge in [-0.15, -0.1) is 11.3 Å². The van der Waals surface area contributed by atoms with E-state index in [2.05, 4.69) is 6.92 Å². The second-order valence-corrected chi connectivity index (χ2v) is 6.37. The molecule has 0 amide bonds. The van der Waals surface area contributed by atoms with E-state index in [0.29, 0.717) is 4.90 Å². The van der Waals surface area contributed by atoms with Crippen molar-refractivity contribution >= 4 is 31.3 Å². The molecule has 0 aliphatic heterocycles. The average Bonchev–Trinajstić information content (AvgIpc) is 2.41. The number of thiophene rings is 1. The highest BCUT2D eigenvalue weighted by Crippen LogP contribution is 2.27. The van der Waals surface area contributed by atoms with Crippen LogP contribution in [-0.4, -0.2) is 14.7 Å². The first-order chi connectivity index (χ1) is 6.47. The molecule has 0 saturated carbocycles. The molecule has 0 spiro atoms. The minimum atomic E-state index is -3.10. The van der Waals surface area contributed by atoms with Crippen LogP contribution in [0.3, 0.4) is 0 Å². The molecule has 2 rings (SSSR count). The molecule has 73 valence electrons. The highest BCUT2D eigenvalue weighted by molar-refractivity contribution is 7.90. The van der Waals surface area contributed by atoms with Crippen molar-refractivity contribution in [3.8, 4) is 0 Å². The molecule has 1 aromatic carbocycles. The third kappa shape index (κ3) is 1.67. The fourth-order valence-corrected chi connectivity index (χ4v) is 2.80. The van der Waals surface area contributed by atoms with E-state index in [4.69, 9.17) is 0 Å². The molecule has 14 heavy (non-hydrogen) atoms. The Morgan fingerprint density at radius 3 is 2.64 bits per heavy atom. The van der Waals surface area contributed by atoms with Gasteiger partial charge in [-0.3, -0.25) is 0 Å². The molecule has 2 nitrogen and oxygen atoms in total. The van der Waals surface area contributed by atoms with Crippen LogP contribution in [0.2, 0.25) is 0 Å². The van der Waals surface area contributed by atoms with Crippen LogP contribution in [0.4, 0.5) is 0 Å². The Bertz CT molecular complexity index is 579. The SMILES string of the molecule is [CH2]c1cc2cc(S(C)(=O)=O)ccc2s1. The van der Waals surface area contributed by atoms with E-state index in [-0.39, 0.29) is 0 Å². The zero-order chi connectivity index (χ0) is 10.3. The van der Waals surface area contributed by atoms with Gasteiger partial charge in [-0.2, -0.15) is 0 Å². The number of hydrogen-bond donors (Lipinski definition) is 0. The van der Waals surface area contributed by atoms with Gasteiger partial charge in [0.2, 0.25) is 0 Å². The molecule has 0 saturated heterocycles. The maximum absolute atomic E-state index is 11.3. The van der Waals surface area contributed by atoms with E-state index in [1.807, 2.05) is 12.1 Å². The molecular formula is C10H9O2S2. The van der Waals surface area contributed by atoms with Crippen LogP contribution in [0.25, 0.3) is 10.1 Å². The molecule has 1 aromatic heterocycles. The van der Waals surface area contributed by atoms with Crippen LogP contribution in [-0.2, 0) is 9.84 Å². The van der Waals surface area contributed by atoms with Crippen molar-refractivity contribution in [2.45, 2.75) is 4.90 Å². The third-order valence-corrected chi connectivity index (χ3v) is 4.05. The van der Waals surface area contributed by atoms with Gasteiger partial charge >= 0.3 is 0 Å². The van der Waals surface area contributed by atoms with Crippen LogP contribution < -0.4 is 0 Å². The van der Waals surface area contributed by atoms with Crippen LogP contribution in [0.15, 0.2) is 29.2 Å². The summed E-state index contributed by atoms with van der Waals surface area (Å²) in [6, 6.07) is 7.04. The minimum Gasteiger partial charge on any atom is -0.224 e. The van der Waals surface area contributed by atoms with Crippen molar-refractivity contribution < 1.29 is 8.42 Å². The monoisotopic (exact) mass is 225 g/mol. The lowest BCUT2D eigenvalue weighted by molar-refractivity contribution is 0.602. The summed E-state index contributed by atoms with van der Waals surface area (Å²) in [5.74, 6) is 0. The Hall–Kier alpha value is -0.870. The molecule has 0 bridgehead atoms. The summed E-state index contributed by atoms with van der Waals surface area (Å²) in [6.07, 6.45) is 1.21. The molecule has 0 N–H and O–H groups in total. The second kappa shape index (κ2) is 3.07. The molecule has 1 heterocycles. The minimum absolute atomic E-state index is 0.364. The Morgan fingerprint density at radius 2 is 2.00 bits per heavy atom. The van der Waals surface area contributed by atoms with E-state index in [9.17, 15) is 8.42 Å². The average molecular weight is 225 g/mol. The Balaban J connectivity index is 2.74. The first-order valence-corrected chi connectivity index (χ1v) is 6.73. The Morgan fingerprint density at radius 1 is 1.29 bits per heavy atom. The maximum atomic E-state index is 11.3. The van der Waals surface area contributed by atoms with Crippen molar-refractivity contribution in [3.63, 3.8) is 0 Å². The van der Waals surface area contributed by atoms with Crippen molar-refractivity contribution in [3.05, 3.63) is 36.1 Å². The number of sulfone groups is 1. The van der Waals surface area contributed by atoms with Gasteiger partial charge in [0.15, 0.2) is 9.84 Å². The first-order valence-electron chi connectivity index (χ1n) is 4.02. The van der Waals surface area contributed by atoms with Crippen LogP contribution in [0, 0.1) is 6.92 Å². The zero-order valence-corrected chi connectivity index (χ0v) is 9.28. The quantitative estimate of drug-likeness (QED) is 0.747. The van der Waals surface area contributed by atoms with Crippen molar-refractivity contribution in [1.82, 2.24) is 0 Å². The van der Waals surface area contributed by atoms with E-state index in [1.165, 1.54) is 6.26 Å². The van der Waals surface area contributed by atoms with Crippen molar-refractivity contribution in [1.29, 1.82) is 0 Å². The second-order valence-electron chi connectivity index (χ2n) is 3.18. The lowest BCUT2D eigenvalue weighted by Gasteiger charge is -1.96. The summed E-state index contributed by atoms with van der Waals surface area (Å²) in [5.41, 5.74) is 0. The summed E-state index contributed by atoms with van der Waals surface area (Å²) in [6.45, 7) is 3.82. The topological polar surface area (TPSA) is 34.1 Å². The van der Waals surface area contributed by atoms with Gasteiger partial charge < -0.3 is 0 Å². The molecule has 0 fully saturated rings. The van der Waals surface area contributed by atoms with Gasteiger partial charge in [0.05, 0.1) is 4.90 Å². The van der Waals surface area contributed by atoms with Crippen molar-refractivity contribution in [2.24, 2.45) is 0 Å². The van der Waals surface area contributed by atoms with Gasteiger partial charge in [0, 0.05) is 15.8 Å². The Labute approximate surface area is 87.1 Å². The lowest BCUT2D eigenvalue weighted by Crippen LogP contribution is -1.95. The highest BCUT2D eigenvalue weighted by Gasteiger charge is 2.08. The van der Waals surface area contributed by atoms with Crippen LogP contribution in [0.5, 0.6) is 0 Å². The lowest BCUT2D eigenvalue weighted by atomic mass is 10.2. The summed E-state index contributed by atoms with van der Waals surface area (Å²) in [5, 5.41) is 0.947. The van der Waals surface area contributed by atoms with Gasteiger partial charge in [-0.05, 0) is 36.6 Å². The van der Waals surface area contributed by atoms with Gasteiger partial charge in [0.25, 0.3) is 0 Å². The summed E-state index contributed by atoms with van der Waals surface area (Å²) in [7, 11) is -3.10. The van der Waals surface area contributed by atoms with Crippen LogP contribution >= 0.6 is 11.3 Å². The molecule has 2 aromatic rings. The smallest absolute Gasteiger partial charge is 0.175 e. The molecule has 0 unspecified atom stereocenters. The maximum Gasteiger partial charge on any atom is 0.175 e. The van der Waals surface area contributed by atoms with E-state index in [1.54, 1.807) is 23.5 Å². The number of fused-ring (bicyclic) bond motifs is 1. The van der Waals surface area contributed by atoms with Gasteiger partial charge in [0.1, 0.15) is 0 Å². The largest absolute Gasteiger partial charge is 0.224 e. The van der Waals surface area contributed by atoms with Crippen LogP contribution in [0.1, 0.15) is 4.88 Å². The number of rotatable bonds is 1. The standard InChI is InChI=1S/C10H9O2S2/c1-7-5-8-6-9(14(2,11)12)3-4-10(8)13-7/h3-6H,1H2,2H3. The number of hydrogen-bond acceptors (Lipinski definition) is 3. The van der Waals surface area contributed by atoms with E-state index in [0.717, 1.165) is 15.0 Å². The summed E-state index contributed by atoms with van der Waals surface area (Å²) < 4.78 is 23.6. The molecule has 0 aliphatic rings. The van der Waals surface area contributed by atoms with Crippen molar-refractivity contribution in [2.75, 3.05) is 6.26 Å². The van der Waals surface area contributed by atoms with E-state index >= 15 is 0 Å². The zero-order valence-electron chi connectivity index (χ0n) is 7.65. The fraction of sp³-hybridized carbons (Fsp3) is 0.100. The number of benzene rings is 1. The third-order valence-electron chi connectivity index (χ3n) is 1.97. The molecular weight excluding hydrogens is 216 g/mol. The summed E-state index contributed by atoms with van der Waals surface area (Å²) in [4.78, 5) is 1.31. The predicted octanol–water partition coefficient (Wildman–Crippen LogP) is 2.49.